The molecule has 2 rings (SSSR count). The highest BCUT2D eigenvalue weighted by Gasteiger charge is 2.33. The summed E-state index contributed by atoms with van der Waals surface area (Å²) in [4.78, 5) is 11.4. The highest BCUT2D eigenvalue weighted by atomic mass is 16.3. The number of rotatable bonds is 2. The van der Waals surface area contributed by atoms with Crippen LogP contribution < -0.4 is 5.32 Å². The zero-order valence-corrected chi connectivity index (χ0v) is 7.83. The van der Waals surface area contributed by atoms with Gasteiger partial charge in [-0.1, -0.05) is 12.8 Å². The van der Waals surface area contributed by atoms with Crippen LogP contribution in [0, 0.1) is 5.92 Å². The van der Waals surface area contributed by atoms with E-state index in [0.717, 1.165) is 38.5 Å². The van der Waals surface area contributed by atoms with E-state index in [1.165, 1.54) is 0 Å². The van der Waals surface area contributed by atoms with E-state index < -0.39 is 0 Å². The predicted octanol–water partition coefficient (Wildman–Crippen LogP) is 0.816. The molecular weight excluding hydrogens is 166 g/mol. The fourth-order valence-electron chi connectivity index (χ4n) is 1.93. The van der Waals surface area contributed by atoms with E-state index in [0.29, 0.717) is 0 Å². The summed E-state index contributed by atoms with van der Waals surface area (Å²) in [7, 11) is 0. The summed E-state index contributed by atoms with van der Waals surface area (Å²) in [5.41, 5.74) is 0. The van der Waals surface area contributed by atoms with Gasteiger partial charge in [0.05, 0.1) is 12.1 Å². The van der Waals surface area contributed by atoms with Gasteiger partial charge in [-0.05, 0) is 25.7 Å². The van der Waals surface area contributed by atoms with Gasteiger partial charge in [0.25, 0.3) is 0 Å². The molecule has 0 aromatic heterocycles. The van der Waals surface area contributed by atoms with Gasteiger partial charge >= 0.3 is 0 Å². The number of carbonyl (C=O) groups is 1. The Morgan fingerprint density at radius 1 is 1.15 bits per heavy atom. The maximum atomic E-state index is 11.4. The molecule has 2 fully saturated rings. The van der Waals surface area contributed by atoms with Gasteiger partial charge in [-0.2, -0.15) is 0 Å². The molecule has 13 heavy (non-hydrogen) atoms. The Labute approximate surface area is 78.5 Å². The Bertz CT molecular complexity index is 201. The third-order valence-corrected chi connectivity index (χ3v) is 3.01. The topological polar surface area (TPSA) is 49.3 Å². The van der Waals surface area contributed by atoms with Gasteiger partial charge in [0, 0.05) is 5.92 Å². The first-order valence-corrected chi connectivity index (χ1v) is 5.26. The van der Waals surface area contributed by atoms with Crippen LogP contribution in [0.3, 0.4) is 0 Å². The van der Waals surface area contributed by atoms with Crippen LogP contribution in [0.4, 0.5) is 0 Å². The number of hydrogen-bond acceptors (Lipinski definition) is 2. The maximum Gasteiger partial charge on any atom is 0.223 e. The minimum absolute atomic E-state index is 0.0295. The Hall–Kier alpha value is -0.570. The minimum Gasteiger partial charge on any atom is -0.391 e. The van der Waals surface area contributed by atoms with Crippen molar-refractivity contribution < 1.29 is 9.90 Å². The molecule has 0 spiro atoms. The normalized spacial score (nSPS) is 34.2. The third-order valence-electron chi connectivity index (χ3n) is 3.01. The summed E-state index contributed by atoms with van der Waals surface area (Å²) < 4.78 is 0. The number of carbonyl (C=O) groups excluding carboxylic acids is 1. The van der Waals surface area contributed by atoms with Crippen LogP contribution in [0.25, 0.3) is 0 Å². The van der Waals surface area contributed by atoms with Crippen LogP contribution in [-0.4, -0.2) is 23.2 Å². The molecule has 2 saturated carbocycles. The summed E-state index contributed by atoms with van der Waals surface area (Å²) >= 11 is 0. The minimum atomic E-state index is -0.309. The summed E-state index contributed by atoms with van der Waals surface area (Å²) in [5, 5.41) is 12.5. The molecule has 1 amide bonds. The van der Waals surface area contributed by atoms with Crippen molar-refractivity contribution in [3.8, 4) is 0 Å². The first kappa shape index (κ1) is 9.00. The smallest absolute Gasteiger partial charge is 0.223 e. The molecule has 0 bridgehead atoms. The number of aliphatic hydroxyl groups excluding tert-OH is 1. The van der Waals surface area contributed by atoms with Gasteiger partial charge in [0.2, 0.25) is 5.91 Å². The number of nitrogens with one attached hydrogen (secondary N) is 1. The summed E-state index contributed by atoms with van der Waals surface area (Å²) in [6.07, 6.45) is 5.78. The standard InChI is InChI=1S/C10H17NO2/c12-9-4-2-1-3-8(9)11-10(13)7-5-6-7/h7-9,12H,1-6H2,(H,11,13)/t8-,9-/m0/s1. The zero-order valence-electron chi connectivity index (χ0n) is 7.83. The van der Waals surface area contributed by atoms with Gasteiger partial charge in [-0.3, -0.25) is 4.79 Å². The van der Waals surface area contributed by atoms with E-state index in [2.05, 4.69) is 5.32 Å². The molecule has 2 atom stereocenters. The fourth-order valence-corrected chi connectivity index (χ4v) is 1.93. The van der Waals surface area contributed by atoms with Crippen molar-refractivity contribution in [2.24, 2.45) is 5.92 Å². The fraction of sp³-hybridized carbons (Fsp3) is 0.900. The number of aliphatic hydroxyl groups is 1. The lowest BCUT2D eigenvalue weighted by molar-refractivity contribution is -0.124. The van der Waals surface area contributed by atoms with E-state index in [-0.39, 0.29) is 24.0 Å². The van der Waals surface area contributed by atoms with Gasteiger partial charge in [0.1, 0.15) is 0 Å². The molecule has 0 aromatic rings. The highest BCUT2D eigenvalue weighted by Crippen LogP contribution is 2.29. The Morgan fingerprint density at radius 2 is 1.85 bits per heavy atom. The molecule has 2 aliphatic rings. The molecule has 0 aliphatic heterocycles. The third kappa shape index (κ3) is 2.21. The molecule has 74 valence electrons. The lowest BCUT2D eigenvalue weighted by Gasteiger charge is -2.28. The zero-order chi connectivity index (χ0) is 9.26. The molecule has 2 aliphatic carbocycles. The first-order chi connectivity index (χ1) is 6.27. The SMILES string of the molecule is O=C(N[C@H]1CCCC[C@@H]1O)C1CC1. The Morgan fingerprint density at radius 3 is 2.46 bits per heavy atom. The van der Waals surface area contributed by atoms with E-state index in [1.54, 1.807) is 0 Å². The van der Waals surface area contributed by atoms with E-state index in [9.17, 15) is 9.90 Å². The highest BCUT2D eigenvalue weighted by molar-refractivity contribution is 5.81. The molecule has 0 saturated heterocycles. The number of amides is 1. The van der Waals surface area contributed by atoms with Crippen molar-refractivity contribution in [1.29, 1.82) is 0 Å². The van der Waals surface area contributed by atoms with Crippen LogP contribution >= 0.6 is 0 Å². The van der Waals surface area contributed by atoms with Crippen molar-refractivity contribution in [3.05, 3.63) is 0 Å². The molecular formula is C10H17NO2. The van der Waals surface area contributed by atoms with Crippen molar-refractivity contribution in [2.75, 3.05) is 0 Å². The second-order valence-corrected chi connectivity index (χ2v) is 4.24. The second kappa shape index (κ2) is 3.66. The monoisotopic (exact) mass is 183 g/mol. The van der Waals surface area contributed by atoms with Gasteiger partial charge in [-0.15, -0.1) is 0 Å². The van der Waals surface area contributed by atoms with Gasteiger partial charge in [0.15, 0.2) is 0 Å². The summed E-state index contributed by atoms with van der Waals surface area (Å²) in [6, 6.07) is 0.0295. The predicted molar refractivity (Wildman–Crippen MR) is 49.1 cm³/mol. The van der Waals surface area contributed by atoms with Crippen LogP contribution in [-0.2, 0) is 4.79 Å². The Balaban J connectivity index is 1.81. The average molecular weight is 183 g/mol. The summed E-state index contributed by atoms with van der Waals surface area (Å²) in [6.45, 7) is 0. The quantitative estimate of drug-likeness (QED) is 0.665. The summed E-state index contributed by atoms with van der Waals surface area (Å²) in [5.74, 6) is 0.417. The van der Waals surface area contributed by atoms with E-state index in [4.69, 9.17) is 0 Å². The lowest BCUT2D eigenvalue weighted by atomic mass is 9.92. The molecule has 0 heterocycles. The van der Waals surface area contributed by atoms with Crippen LogP contribution in [0.1, 0.15) is 38.5 Å². The molecule has 3 nitrogen and oxygen atoms in total. The van der Waals surface area contributed by atoms with Gasteiger partial charge < -0.3 is 10.4 Å². The van der Waals surface area contributed by atoms with E-state index in [1.807, 2.05) is 0 Å². The maximum absolute atomic E-state index is 11.4. The number of hydrogen-bond donors (Lipinski definition) is 2. The van der Waals surface area contributed by atoms with Crippen molar-refractivity contribution in [1.82, 2.24) is 5.32 Å². The molecule has 0 aromatic carbocycles. The second-order valence-electron chi connectivity index (χ2n) is 4.24. The Kier molecular flexibility index (Phi) is 2.54. The molecule has 0 radical (unpaired) electrons. The van der Waals surface area contributed by atoms with Crippen molar-refractivity contribution in [2.45, 2.75) is 50.7 Å². The first-order valence-electron chi connectivity index (χ1n) is 5.26. The van der Waals surface area contributed by atoms with Crippen LogP contribution in [0.15, 0.2) is 0 Å². The van der Waals surface area contributed by atoms with Gasteiger partial charge in [-0.25, -0.2) is 0 Å². The van der Waals surface area contributed by atoms with Crippen molar-refractivity contribution >= 4 is 5.91 Å². The molecule has 2 N–H and O–H groups in total. The van der Waals surface area contributed by atoms with Crippen LogP contribution in [0.2, 0.25) is 0 Å². The largest absolute Gasteiger partial charge is 0.391 e. The van der Waals surface area contributed by atoms with E-state index >= 15 is 0 Å². The van der Waals surface area contributed by atoms with Crippen molar-refractivity contribution in [3.63, 3.8) is 0 Å². The molecule has 3 heteroatoms. The lowest BCUT2D eigenvalue weighted by Crippen LogP contribution is -2.45. The molecule has 0 unspecified atom stereocenters. The van der Waals surface area contributed by atoms with Crippen LogP contribution in [0.5, 0.6) is 0 Å². The average Bonchev–Trinajstić information content (AvgIpc) is 2.91.